The summed E-state index contributed by atoms with van der Waals surface area (Å²) in [5.74, 6) is 1.59. The second-order valence-electron chi connectivity index (χ2n) is 7.32. The number of aryl methyl sites for hydroxylation is 2. The van der Waals surface area contributed by atoms with E-state index in [1.807, 2.05) is 37.2 Å². The minimum absolute atomic E-state index is 0.153. The number of aromatic nitrogens is 5. The van der Waals surface area contributed by atoms with Crippen molar-refractivity contribution in [3.8, 4) is 11.4 Å². The number of pyridine rings is 1. The predicted molar refractivity (Wildman–Crippen MR) is 116 cm³/mol. The molecule has 0 radical (unpaired) electrons. The van der Waals surface area contributed by atoms with E-state index in [4.69, 9.17) is 4.74 Å². The summed E-state index contributed by atoms with van der Waals surface area (Å²) in [6.45, 7) is 1.89. The molecular formula is C21H21N7O2. The maximum atomic E-state index is 13.1. The lowest BCUT2D eigenvalue weighted by Crippen LogP contribution is -2.32. The molecule has 0 saturated carbocycles. The first-order valence-corrected chi connectivity index (χ1v) is 9.47. The summed E-state index contributed by atoms with van der Waals surface area (Å²) in [4.78, 5) is 24.1. The van der Waals surface area contributed by atoms with E-state index < -0.39 is 0 Å². The van der Waals surface area contributed by atoms with Gasteiger partial charge in [0, 0.05) is 49.9 Å². The summed E-state index contributed by atoms with van der Waals surface area (Å²) in [5.41, 5.74) is 5.54. The van der Waals surface area contributed by atoms with Crippen molar-refractivity contribution in [3.05, 3.63) is 52.5 Å². The van der Waals surface area contributed by atoms with Crippen molar-refractivity contribution in [3.63, 3.8) is 0 Å². The van der Waals surface area contributed by atoms with Gasteiger partial charge in [0.25, 0.3) is 0 Å². The van der Waals surface area contributed by atoms with Crippen LogP contribution in [0.15, 0.2) is 40.5 Å². The van der Waals surface area contributed by atoms with Crippen LogP contribution in [0.2, 0.25) is 0 Å². The second kappa shape index (κ2) is 6.31. The standard InChI is InChI=1S/C21H21N7O2/c1-11-16(9-24-25-11)28-19-13-6-12(14-10-26(3)20(14)22-2)18(30-5)7-15(13)23-8-17(19)27(4)21(28)29/h6-10H,1-5H3,(H,24,25). The SMILES string of the molecule is CN=C1C(c2cc3c(cc2OC)ncc2c3n(-c3cn[nH]c3C)c(=O)n2C)=CN1C. The Kier molecular flexibility index (Phi) is 3.82. The van der Waals surface area contributed by atoms with E-state index >= 15 is 0 Å². The molecule has 1 N–H and O–H groups in total. The summed E-state index contributed by atoms with van der Waals surface area (Å²) < 4.78 is 8.95. The quantitative estimate of drug-likeness (QED) is 0.566. The van der Waals surface area contributed by atoms with Gasteiger partial charge < -0.3 is 9.64 Å². The van der Waals surface area contributed by atoms with E-state index in [2.05, 4.69) is 20.2 Å². The van der Waals surface area contributed by atoms with Gasteiger partial charge in [-0.2, -0.15) is 5.10 Å². The summed E-state index contributed by atoms with van der Waals surface area (Å²) in [6, 6.07) is 3.93. The van der Waals surface area contributed by atoms with Gasteiger partial charge in [0.2, 0.25) is 0 Å². The Morgan fingerprint density at radius 2 is 2.00 bits per heavy atom. The number of rotatable bonds is 3. The van der Waals surface area contributed by atoms with Gasteiger partial charge in [-0.25, -0.2) is 4.79 Å². The van der Waals surface area contributed by atoms with Crippen molar-refractivity contribution in [2.75, 3.05) is 21.2 Å². The van der Waals surface area contributed by atoms with Crippen LogP contribution in [0.1, 0.15) is 11.3 Å². The summed E-state index contributed by atoms with van der Waals surface area (Å²) >= 11 is 0. The van der Waals surface area contributed by atoms with Crippen LogP contribution in [0, 0.1) is 6.92 Å². The number of methoxy groups -OCH3 is 1. The van der Waals surface area contributed by atoms with Crippen LogP contribution < -0.4 is 10.4 Å². The van der Waals surface area contributed by atoms with Gasteiger partial charge in [0.15, 0.2) is 0 Å². The number of aliphatic imine (C=N–C) groups is 1. The highest BCUT2D eigenvalue weighted by Gasteiger charge is 2.27. The van der Waals surface area contributed by atoms with Crippen molar-refractivity contribution in [1.82, 2.24) is 29.2 Å². The van der Waals surface area contributed by atoms with Crippen molar-refractivity contribution in [1.29, 1.82) is 0 Å². The number of imidazole rings is 1. The van der Waals surface area contributed by atoms with E-state index in [9.17, 15) is 4.79 Å². The zero-order valence-electron chi connectivity index (χ0n) is 17.4. The number of hydrogen-bond donors (Lipinski definition) is 1. The molecule has 0 bridgehead atoms. The first-order chi connectivity index (χ1) is 14.5. The Labute approximate surface area is 171 Å². The molecule has 0 amide bonds. The Morgan fingerprint density at radius 1 is 1.20 bits per heavy atom. The fourth-order valence-corrected chi connectivity index (χ4v) is 4.10. The largest absolute Gasteiger partial charge is 0.496 e. The highest BCUT2D eigenvalue weighted by molar-refractivity contribution is 6.29. The molecule has 5 rings (SSSR count). The van der Waals surface area contributed by atoms with Gasteiger partial charge in [-0.1, -0.05) is 0 Å². The van der Waals surface area contributed by atoms with Crippen molar-refractivity contribution in [2.24, 2.45) is 12.0 Å². The van der Waals surface area contributed by atoms with Crippen LogP contribution in [-0.2, 0) is 7.05 Å². The molecule has 4 heterocycles. The number of nitrogens with zero attached hydrogens (tertiary/aromatic N) is 6. The van der Waals surface area contributed by atoms with Crippen LogP contribution >= 0.6 is 0 Å². The predicted octanol–water partition coefficient (Wildman–Crippen LogP) is 2.23. The maximum absolute atomic E-state index is 13.1. The van der Waals surface area contributed by atoms with Crippen LogP contribution in [0.4, 0.5) is 0 Å². The molecular weight excluding hydrogens is 382 g/mol. The molecule has 3 aromatic heterocycles. The fourth-order valence-electron chi connectivity index (χ4n) is 4.10. The van der Waals surface area contributed by atoms with Crippen molar-refractivity contribution in [2.45, 2.75) is 6.92 Å². The van der Waals surface area contributed by atoms with E-state index in [1.165, 1.54) is 0 Å². The number of aromatic amines is 1. The average Bonchev–Trinajstić information content (AvgIpc) is 3.26. The third kappa shape index (κ3) is 2.28. The molecule has 9 nitrogen and oxygen atoms in total. The molecule has 0 aliphatic carbocycles. The van der Waals surface area contributed by atoms with Gasteiger partial charge in [-0.3, -0.25) is 24.2 Å². The second-order valence-corrected chi connectivity index (χ2v) is 7.32. The summed E-state index contributed by atoms with van der Waals surface area (Å²) in [6.07, 6.45) is 5.40. The van der Waals surface area contributed by atoms with E-state index in [0.717, 1.165) is 44.6 Å². The monoisotopic (exact) mass is 403 g/mol. The molecule has 30 heavy (non-hydrogen) atoms. The minimum atomic E-state index is -0.153. The Bertz CT molecular complexity index is 1450. The fraction of sp³-hybridized carbons (Fsp3) is 0.238. The first-order valence-electron chi connectivity index (χ1n) is 9.47. The van der Waals surface area contributed by atoms with Crippen LogP contribution in [0.25, 0.3) is 33.2 Å². The molecule has 0 atom stereocenters. The average molecular weight is 403 g/mol. The number of amidine groups is 1. The van der Waals surface area contributed by atoms with Crippen LogP contribution in [-0.4, -0.2) is 56.3 Å². The first kappa shape index (κ1) is 18.2. The lowest BCUT2D eigenvalue weighted by Gasteiger charge is -2.30. The van der Waals surface area contributed by atoms with Gasteiger partial charge in [-0.05, 0) is 13.0 Å². The topological polar surface area (TPSA) is 93.3 Å². The lowest BCUT2D eigenvalue weighted by molar-refractivity contribution is 0.414. The summed E-state index contributed by atoms with van der Waals surface area (Å²) in [5, 5.41) is 7.87. The molecule has 0 saturated heterocycles. The molecule has 4 aromatic rings. The normalized spacial score (nSPS) is 15.2. The number of hydrogen-bond acceptors (Lipinski definition) is 5. The highest BCUT2D eigenvalue weighted by atomic mass is 16.5. The molecule has 0 fully saturated rings. The number of ether oxygens (including phenoxy) is 1. The van der Waals surface area contributed by atoms with E-state index in [0.29, 0.717) is 11.4 Å². The molecule has 1 aromatic carbocycles. The number of likely N-dealkylation sites (N-methyl/N-ethyl adjacent to an activating group) is 1. The Balaban J connectivity index is 1.92. The van der Waals surface area contributed by atoms with Gasteiger partial charge in [0.05, 0.1) is 47.4 Å². The molecule has 1 aliphatic heterocycles. The van der Waals surface area contributed by atoms with Gasteiger partial charge in [0.1, 0.15) is 11.6 Å². The maximum Gasteiger partial charge on any atom is 0.333 e. The van der Waals surface area contributed by atoms with Crippen molar-refractivity contribution >= 4 is 33.3 Å². The molecule has 152 valence electrons. The summed E-state index contributed by atoms with van der Waals surface area (Å²) in [7, 11) is 7.11. The number of nitrogens with one attached hydrogen (secondary N) is 1. The zero-order chi connectivity index (χ0) is 21.2. The van der Waals surface area contributed by atoms with Crippen LogP contribution in [0.3, 0.4) is 0 Å². The lowest BCUT2D eigenvalue weighted by atomic mass is 9.97. The third-order valence-corrected chi connectivity index (χ3v) is 5.65. The smallest absolute Gasteiger partial charge is 0.333 e. The van der Waals surface area contributed by atoms with Crippen LogP contribution in [0.5, 0.6) is 5.75 Å². The molecule has 0 spiro atoms. The van der Waals surface area contributed by atoms with Gasteiger partial charge in [-0.15, -0.1) is 0 Å². The van der Waals surface area contributed by atoms with E-state index in [-0.39, 0.29) is 5.69 Å². The minimum Gasteiger partial charge on any atom is -0.496 e. The Hall–Kier alpha value is -3.88. The van der Waals surface area contributed by atoms with E-state index in [1.54, 1.807) is 42.7 Å². The highest BCUT2D eigenvalue weighted by Crippen LogP contribution is 2.37. The third-order valence-electron chi connectivity index (χ3n) is 5.65. The number of fused-ring (bicyclic) bond motifs is 3. The number of H-pyrrole nitrogens is 1. The van der Waals surface area contributed by atoms with Gasteiger partial charge >= 0.3 is 5.69 Å². The zero-order valence-corrected chi connectivity index (χ0v) is 17.4. The number of benzene rings is 1. The molecule has 0 unspecified atom stereocenters. The Morgan fingerprint density at radius 3 is 2.63 bits per heavy atom. The molecule has 1 aliphatic rings. The molecule has 9 heteroatoms. The van der Waals surface area contributed by atoms with Crippen molar-refractivity contribution < 1.29 is 4.74 Å².